The van der Waals surface area contributed by atoms with Gasteiger partial charge < -0.3 is 14.4 Å². The molecular weight excluding hydrogens is 352 g/mol. The number of para-hydroxylation sites is 1. The quantitative estimate of drug-likeness (QED) is 0.544. The van der Waals surface area contributed by atoms with Gasteiger partial charge >= 0.3 is 0 Å². The molecule has 4 rings (SSSR count). The monoisotopic (exact) mass is 374 g/mol. The lowest BCUT2D eigenvalue weighted by molar-refractivity contribution is 0.101. The molecule has 26 heavy (non-hydrogen) atoms. The van der Waals surface area contributed by atoms with Gasteiger partial charge in [0.05, 0.1) is 31.6 Å². The maximum Gasteiger partial charge on any atom is 0.228 e. The van der Waals surface area contributed by atoms with Gasteiger partial charge in [-0.2, -0.15) is 0 Å². The van der Waals surface area contributed by atoms with Gasteiger partial charge in [0.1, 0.15) is 5.75 Å². The van der Waals surface area contributed by atoms with Crippen LogP contribution in [0.1, 0.15) is 29.2 Å². The number of carbonyl (C=O) groups excluding carboxylic acids is 1. The summed E-state index contributed by atoms with van der Waals surface area (Å²) in [7, 11) is 1.58. The molecule has 2 fully saturated rings. The predicted octanol–water partition coefficient (Wildman–Crippen LogP) is 2.43. The maximum absolute atomic E-state index is 12.6. The highest BCUT2D eigenvalue weighted by Crippen LogP contribution is 2.41. The Morgan fingerprint density at radius 2 is 2.04 bits per heavy atom. The Morgan fingerprint density at radius 3 is 2.77 bits per heavy atom. The third kappa shape index (κ3) is 3.57. The van der Waals surface area contributed by atoms with Gasteiger partial charge in [0, 0.05) is 19.1 Å². The van der Waals surface area contributed by atoms with E-state index in [-0.39, 0.29) is 5.78 Å². The average molecular weight is 374 g/mol. The number of anilines is 1. The third-order valence-electron chi connectivity index (χ3n) is 4.59. The van der Waals surface area contributed by atoms with E-state index in [1.54, 1.807) is 19.2 Å². The van der Waals surface area contributed by atoms with Crippen LogP contribution in [0.2, 0.25) is 0 Å². The summed E-state index contributed by atoms with van der Waals surface area (Å²) in [6.45, 7) is 3.09. The van der Waals surface area contributed by atoms with E-state index in [9.17, 15) is 4.79 Å². The summed E-state index contributed by atoms with van der Waals surface area (Å²) in [6, 6.07) is 7.77. The van der Waals surface area contributed by atoms with Crippen LogP contribution in [0.5, 0.6) is 5.75 Å². The van der Waals surface area contributed by atoms with Crippen LogP contribution in [0, 0.1) is 0 Å². The molecule has 0 unspecified atom stereocenters. The topological polar surface area (TPSA) is 69.5 Å². The molecule has 138 valence electrons. The van der Waals surface area contributed by atoms with Gasteiger partial charge in [0.15, 0.2) is 10.9 Å². The second-order valence-corrected chi connectivity index (χ2v) is 7.34. The molecule has 2 aromatic rings. The van der Waals surface area contributed by atoms with Crippen molar-refractivity contribution in [2.24, 2.45) is 0 Å². The molecule has 1 aliphatic heterocycles. The first kappa shape index (κ1) is 17.4. The lowest BCUT2D eigenvalue weighted by Crippen LogP contribution is -2.38. The molecule has 0 N–H and O–H groups in total. The summed E-state index contributed by atoms with van der Waals surface area (Å²) >= 11 is 1.45. The van der Waals surface area contributed by atoms with Gasteiger partial charge in [-0.05, 0) is 25.0 Å². The predicted molar refractivity (Wildman–Crippen MR) is 99.4 cm³/mol. The van der Waals surface area contributed by atoms with Gasteiger partial charge in [0.2, 0.25) is 5.95 Å². The molecule has 8 heteroatoms. The van der Waals surface area contributed by atoms with Crippen molar-refractivity contribution in [3.8, 4) is 5.75 Å². The number of aromatic nitrogens is 3. The van der Waals surface area contributed by atoms with E-state index in [1.807, 2.05) is 12.1 Å². The highest BCUT2D eigenvalue weighted by Gasteiger charge is 2.32. The number of carbonyl (C=O) groups is 1. The maximum atomic E-state index is 12.6. The van der Waals surface area contributed by atoms with Crippen molar-refractivity contribution in [1.82, 2.24) is 14.8 Å². The fraction of sp³-hybridized carbons (Fsp3) is 0.500. The first-order valence-corrected chi connectivity index (χ1v) is 9.83. The number of rotatable bonds is 7. The van der Waals surface area contributed by atoms with Crippen LogP contribution in [-0.4, -0.2) is 59.7 Å². The first-order chi connectivity index (χ1) is 12.8. The number of ether oxygens (including phenoxy) is 2. The van der Waals surface area contributed by atoms with Gasteiger partial charge in [-0.1, -0.05) is 23.9 Å². The van der Waals surface area contributed by atoms with Crippen LogP contribution >= 0.6 is 11.8 Å². The summed E-state index contributed by atoms with van der Waals surface area (Å²) < 4.78 is 12.9. The molecule has 1 saturated heterocycles. The molecule has 1 saturated carbocycles. The van der Waals surface area contributed by atoms with E-state index in [0.717, 1.165) is 37.0 Å². The van der Waals surface area contributed by atoms with E-state index in [0.29, 0.717) is 36.3 Å². The molecule has 1 aliphatic carbocycles. The third-order valence-corrected chi connectivity index (χ3v) is 5.54. The Balaban J connectivity index is 1.50. The fourth-order valence-electron chi connectivity index (χ4n) is 3.08. The second-order valence-electron chi connectivity index (χ2n) is 6.40. The van der Waals surface area contributed by atoms with Gasteiger partial charge in [0.25, 0.3) is 0 Å². The number of hydrogen-bond donors (Lipinski definition) is 0. The molecular formula is C18H22N4O3S. The van der Waals surface area contributed by atoms with Crippen LogP contribution in [-0.2, 0) is 4.74 Å². The van der Waals surface area contributed by atoms with E-state index >= 15 is 0 Å². The van der Waals surface area contributed by atoms with Crippen molar-refractivity contribution in [3.05, 3.63) is 29.8 Å². The molecule has 0 radical (unpaired) electrons. The van der Waals surface area contributed by atoms with Crippen LogP contribution in [0.25, 0.3) is 0 Å². The van der Waals surface area contributed by atoms with Crippen molar-refractivity contribution in [2.75, 3.05) is 44.1 Å². The lowest BCUT2D eigenvalue weighted by Gasteiger charge is -2.27. The molecule has 1 aromatic carbocycles. The normalized spacial score (nSPS) is 17.3. The van der Waals surface area contributed by atoms with Crippen molar-refractivity contribution >= 4 is 23.5 Å². The number of thioether (sulfide) groups is 1. The second kappa shape index (κ2) is 7.67. The first-order valence-electron chi connectivity index (χ1n) is 8.84. The fourth-order valence-corrected chi connectivity index (χ4v) is 3.97. The van der Waals surface area contributed by atoms with Crippen LogP contribution in [0.3, 0.4) is 0 Å². The summed E-state index contributed by atoms with van der Waals surface area (Å²) in [5.74, 6) is 1.86. The Kier molecular flexibility index (Phi) is 5.12. The Morgan fingerprint density at radius 1 is 1.27 bits per heavy atom. The SMILES string of the molecule is COc1ccccc1C(=O)CSc1nnc(N2CCOCC2)n1C1CC1. The molecule has 0 amide bonds. The molecule has 7 nitrogen and oxygen atoms in total. The van der Waals surface area contributed by atoms with E-state index < -0.39 is 0 Å². The zero-order chi connectivity index (χ0) is 17.9. The number of hydrogen-bond acceptors (Lipinski definition) is 7. The van der Waals surface area contributed by atoms with Crippen molar-refractivity contribution in [2.45, 2.75) is 24.0 Å². The number of benzene rings is 1. The number of methoxy groups -OCH3 is 1. The molecule has 1 aromatic heterocycles. The molecule has 0 atom stereocenters. The number of nitrogens with zero attached hydrogens (tertiary/aromatic N) is 4. The van der Waals surface area contributed by atoms with E-state index in [4.69, 9.17) is 9.47 Å². The zero-order valence-corrected chi connectivity index (χ0v) is 15.6. The van der Waals surface area contributed by atoms with Gasteiger partial charge in [-0.15, -0.1) is 10.2 Å². The van der Waals surface area contributed by atoms with Gasteiger partial charge in [-0.25, -0.2) is 0 Å². The van der Waals surface area contributed by atoms with Crippen LogP contribution in [0.15, 0.2) is 29.4 Å². The Bertz CT molecular complexity index is 784. The summed E-state index contributed by atoms with van der Waals surface area (Å²) in [6.07, 6.45) is 2.28. The average Bonchev–Trinajstić information content (AvgIpc) is 3.45. The Labute approximate surface area is 156 Å². The number of morpholine rings is 1. The van der Waals surface area contributed by atoms with Crippen molar-refractivity contribution in [1.29, 1.82) is 0 Å². The summed E-state index contributed by atoms with van der Waals surface area (Å²) in [5.41, 5.74) is 0.605. The van der Waals surface area contributed by atoms with Gasteiger partial charge in [-0.3, -0.25) is 9.36 Å². The largest absolute Gasteiger partial charge is 0.496 e. The van der Waals surface area contributed by atoms with E-state index in [2.05, 4.69) is 19.7 Å². The standard InChI is InChI=1S/C18H22N4O3S/c1-24-16-5-3-2-4-14(16)15(23)12-26-18-20-19-17(22(18)13-6-7-13)21-8-10-25-11-9-21/h2-5,13H,6-12H2,1H3. The van der Waals surface area contributed by atoms with E-state index in [1.165, 1.54) is 11.8 Å². The molecule has 2 aliphatic rings. The Hall–Kier alpha value is -2.06. The number of ketones is 1. The molecule has 2 heterocycles. The summed E-state index contributed by atoms with van der Waals surface area (Å²) in [5, 5.41) is 9.60. The van der Waals surface area contributed by atoms with Crippen molar-refractivity contribution in [3.63, 3.8) is 0 Å². The minimum atomic E-state index is 0.0331. The zero-order valence-electron chi connectivity index (χ0n) is 14.8. The molecule has 0 spiro atoms. The van der Waals surface area contributed by atoms with Crippen LogP contribution in [0.4, 0.5) is 5.95 Å². The summed E-state index contributed by atoms with van der Waals surface area (Å²) in [4.78, 5) is 14.8. The smallest absolute Gasteiger partial charge is 0.228 e. The van der Waals surface area contributed by atoms with Crippen molar-refractivity contribution < 1.29 is 14.3 Å². The minimum absolute atomic E-state index is 0.0331. The minimum Gasteiger partial charge on any atom is -0.496 e. The highest BCUT2D eigenvalue weighted by atomic mass is 32.2. The lowest BCUT2D eigenvalue weighted by atomic mass is 10.1. The highest BCUT2D eigenvalue weighted by molar-refractivity contribution is 7.99. The number of Topliss-reactive ketones (excluding diaryl/α,β-unsaturated/α-hetero) is 1. The van der Waals surface area contributed by atoms with Crippen LogP contribution < -0.4 is 9.64 Å². The molecule has 0 bridgehead atoms.